The summed E-state index contributed by atoms with van der Waals surface area (Å²) in [6, 6.07) is 3.99. The van der Waals surface area contributed by atoms with Crippen molar-refractivity contribution in [2.75, 3.05) is 11.9 Å². The predicted molar refractivity (Wildman–Crippen MR) is 65.9 cm³/mol. The molecule has 0 aromatic heterocycles. The number of hydrogen-bond donors (Lipinski definition) is 2. The Labute approximate surface area is 107 Å². The average Bonchev–Trinajstić information content (AvgIpc) is 2.13. The van der Waals surface area contributed by atoms with E-state index in [-0.39, 0.29) is 12.2 Å². The van der Waals surface area contributed by atoms with Gasteiger partial charge in [-0.3, -0.25) is 0 Å². The molecule has 0 radical (unpaired) electrons. The normalized spacial score (nSPS) is 12.6. The Morgan fingerprint density at radius 2 is 1.88 bits per heavy atom. The lowest BCUT2D eigenvalue weighted by Crippen LogP contribution is -2.39. The summed E-state index contributed by atoms with van der Waals surface area (Å²) < 4.78 is 38.7. The molecule has 0 unspecified atom stereocenters. The molecule has 0 bridgehead atoms. The molecule has 0 saturated carbocycles. The SMILES string of the molecule is CC(C)(N)CNc1ccc(Br)cc1C(F)(F)F. The summed E-state index contributed by atoms with van der Waals surface area (Å²) in [6.07, 6.45) is -4.38. The predicted octanol–water partition coefficient (Wildman–Crippen LogP) is 3.62. The van der Waals surface area contributed by atoms with Crippen molar-refractivity contribution >= 4 is 21.6 Å². The summed E-state index contributed by atoms with van der Waals surface area (Å²) in [5, 5.41) is 2.72. The molecule has 96 valence electrons. The first-order valence-electron chi connectivity index (χ1n) is 4.99. The van der Waals surface area contributed by atoms with Gasteiger partial charge in [0.25, 0.3) is 0 Å². The van der Waals surface area contributed by atoms with Gasteiger partial charge in [0.1, 0.15) is 0 Å². The minimum absolute atomic E-state index is 0.0409. The van der Waals surface area contributed by atoms with Gasteiger partial charge in [-0.1, -0.05) is 15.9 Å². The highest BCUT2D eigenvalue weighted by Crippen LogP contribution is 2.36. The van der Waals surface area contributed by atoms with Crippen LogP contribution in [0.2, 0.25) is 0 Å². The van der Waals surface area contributed by atoms with Gasteiger partial charge in [0.05, 0.1) is 5.56 Å². The van der Waals surface area contributed by atoms with Gasteiger partial charge in [-0.05, 0) is 32.0 Å². The van der Waals surface area contributed by atoms with E-state index in [1.54, 1.807) is 19.9 Å². The van der Waals surface area contributed by atoms with E-state index in [0.717, 1.165) is 6.07 Å². The maximum Gasteiger partial charge on any atom is 0.418 e. The topological polar surface area (TPSA) is 38.0 Å². The maximum absolute atomic E-state index is 12.8. The molecule has 0 aliphatic rings. The van der Waals surface area contributed by atoms with Crippen molar-refractivity contribution in [2.24, 2.45) is 5.73 Å². The third-order valence-corrected chi connectivity index (χ3v) is 2.51. The van der Waals surface area contributed by atoms with E-state index in [0.29, 0.717) is 4.47 Å². The number of nitrogens with one attached hydrogen (secondary N) is 1. The molecule has 0 atom stereocenters. The molecule has 2 nitrogen and oxygen atoms in total. The van der Waals surface area contributed by atoms with E-state index >= 15 is 0 Å². The van der Waals surface area contributed by atoms with Gasteiger partial charge in [-0.2, -0.15) is 13.2 Å². The molecule has 17 heavy (non-hydrogen) atoms. The quantitative estimate of drug-likeness (QED) is 0.895. The summed E-state index contributed by atoms with van der Waals surface area (Å²) in [4.78, 5) is 0. The van der Waals surface area contributed by atoms with Crippen LogP contribution >= 0.6 is 15.9 Å². The van der Waals surface area contributed by atoms with Crippen LogP contribution in [-0.4, -0.2) is 12.1 Å². The first-order chi connectivity index (χ1) is 7.59. The molecular formula is C11H14BrF3N2. The van der Waals surface area contributed by atoms with Gasteiger partial charge in [-0.15, -0.1) is 0 Å². The molecule has 0 aliphatic heterocycles. The highest BCUT2D eigenvalue weighted by atomic mass is 79.9. The van der Waals surface area contributed by atoms with E-state index in [2.05, 4.69) is 21.2 Å². The van der Waals surface area contributed by atoms with Gasteiger partial charge >= 0.3 is 6.18 Å². The van der Waals surface area contributed by atoms with Crippen molar-refractivity contribution in [3.05, 3.63) is 28.2 Å². The highest BCUT2D eigenvalue weighted by Gasteiger charge is 2.33. The molecule has 3 N–H and O–H groups in total. The Kier molecular flexibility index (Phi) is 4.09. The second-order valence-electron chi connectivity index (χ2n) is 4.53. The first kappa shape index (κ1) is 14.3. The van der Waals surface area contributed by atoms with Crippen LogP contribution in [-0.2, 0) is 6.18 Å². The summed E-state index contributed by atoms with van der Waals surface area (Å²) in [7, 11) is 0. The molecule has 6 heteroatoms. The minimum Gasteiger partial charge on any atom is -0.383 e. The van der Waals surface area contributed by atoms with Crippen molar-refractivity contribution in [1.82, 2.24) is 0 Å². The molecule has 0 spiro atoms. The number of hydrogen-bond acceptors (Lipinski definition) is 2. The van der Waals surface area contributed by atoms with Gasteiger partial charge in [0.15, 0.2) is 0 Å². The zero-order valence-electron chi connectivity index (χ0n) is 9.53. The zero-order chi connectivity index (χ0) is 13.3. The minimum atomic E-state index is -4.38. The first-order valence-corrected chi connectivity index (χ1v) is 5.78. The second-order valence-corrected chi connectivity index (χ2v) is 5.45. The standard InChI is InChI=1S/C11H14BrF3N2/c1-10(2,16)6-17-9-4-3-7(12)5-8(9)11(13,14)15/h3-5,17H,6,16H2,1-2H3. The number of benzene rings is 1. The fraction of sp³-hybridized carbons (Fsp3) is 0.455. The Bertz CT molecular complexity index is 397. The molecule has 0 saturated heterocycles. The van der Waals surface area contributed by atoms with Crippen molar-refractivity contribution in [1.29, 1.82) is 0 Å². The molecule has 0 amide bonds. The zero-order valence-corrected chi connectivity index (χ0v) is 11.1. The molecule has 0 aliphatic carbocycles. The van der Waals surface area contributed by atoms with Crippen LogP contribution in [0.1, 0.15) is 19.4 Å². The smallest absolute Gasteiger partial charge is 0.383 e. The molecule has 0 fully saturated rings. The lowest BCUT2D eigenvalue weighted by Gasteiger charge is -2.22. The summed E-state index contributed by atoms with van der Waals surface area (Å²) in [5.41, 5.74) is 4.49. The van der Waals surface area contributed by atoms with Gasteiger partial charge < -0.3 is 11.1 Å². The van der Waals surface area contributed by atoms with Crippen LogP contribution in [0.5, 0.6) is 0 Å². The van der Waals surface area contributed by atoms with E-state index < -0.39 is 17.3 Å². The van der Waals surface area contributed by atoms with Gasteiger partial charge in [0, 0.05) is 22.2 Å². The fourth-order valence-electron chi connectivity index (χ4n) is 1.23. The van der Waals surface area contributed by atoms with Crippen molar-refractivity contribution < 1.29 is 13.2 Å². The van der Waals surface area contributed by atoms with Crippen molar-refractivity contribution in [3.8, 4) is 0 Å². The van der Waals surface area contributed by atoms with Crippen LogP contribution in [0.15, 0.2) is 22.7 Å². The number of rotatable bonds is 3. The number of halogens is 4. The van der Waals surface area contributed by atoms with E-state index in [1.165, 1.54) is 6.07 Å². The van der Waals surface area contributed by atoms with Crippen LogP contribution < -0.4 is 11.1 Å². The van der Waals surface area contributed by atoms with Crippen LogP contribution in [0, 0.1) is 0 Å². The van der Waals surface area contributed by atoms with Crippen LogP contribution in [0.25, 0.3) is 0 Å². The Hall–Kier alpha value is -0.750. The largest absolute Gasteiger partial charge is 0.418 e. The van der Waals surface area contributed by atoms with E-state index in [4.69, 9.17) is 5.73 Å². The van der Waals surface area contributed by atoms with Crippen molar-refractivity contribution in [2.45, 2.75) is 25.6 Å². The Morgan fingerprint density at radius 3 is 2.35 bits per heavy atom. The number of alkyl halides is 3. The van der Waals surface area contributed by atoms with Crippen molar-refractivity contribution in [3.63, 3.8) is 0 Å². The van der Waals surface area contributed by atoms with E-state index in [1.807, 2.05) is 0 Å². The van der Waals surface area contributed by atoms with Gasteiger partial charge in [0.2, 0.25) is 0 Å². The summed E-state index contributed by atoms with van der Waals surface area (Å²) >= 11 is 3.03. The maximum atomic E-state index is 12.8. The number of anilines is 1. The monoisotopic (exact) mass is 310 g/mol. The molecule has 1 rings (SSSR count). The van der Waals surface area contributed by atoms with Gasteiger partial charge in [-0.25, -0.2) is 0 Å². The second kappa shape index (κ2) is 4.86. The molecule has 0 heterocycles. The molecule has 1 aromatic rings. The lowest BCUT2D eigenvalue weighted by atomic mass is 10.1. The lowest BCUT2D eigenvalue weighted by molar-refractivity contribution is -0.137. The molecule has 1 aromatic carbocycles. The summed E-state index contributed by atoms with van der Waals surface area (Å²) in [6.45, 7) is 3.75. The van der Waals surface area contributed by atoms with E-state index in [9.17, 15) is 13.2 Å². The Morgan fingerprint density at radius 1 is 1.29 bits per heavy atom. The highest BCUT2D eigenvalue weighted by molar-refractivity contribution is 9.10. The van der Waals surface area contributed by atoms with Crippen LogP contribution in [0.3, 0.4) is 0 Å². The third kappa shape index (κ3) is 4.55. The van der Waals surface area contributed by atoms with Crippen LogP contribution in [0.4, 0.5) is 18.9 Å². The summed E-state index contributed by atoms with van der Waals surface area (Å²) in [5.74, 6) is 0. The number of nitrogens with two attached hydrogens (primary N) is 1. The molecular weight excluding hydrogens is 297 g/mol. The Balaban J connectivity index is 2.99. The average molecular weight is 311 g/mol. The third-order valence-electron chi connectivity index (χ3n) is 2.02. The fourth-order valence-corrected chi connectivity index (χ4v) is 1.59.